The number of unbranched alkanes of at least 4 members (excludes halogenated alkanes) is 8. The molecule has 0 rings (SSSR count). The Morgan fingerprint density at radius 2 is 1.30 bits per heavy atom. The maximum atomic E-state index is 5.92. The van der Waals surface area contributed by atoms with Gasteiger partial charge in [-0.1, -0.05) is 64.4 Å². The van der Waals surface area contributed by atoms with E-state index in [0.717, 1.165) is 19.6 Å². The quantitative estimate of drug-likeness (QED) is 0.215. The van der Waals surface area contributed by atoms with Gasteiger partial charge in [0.25, 0.3) is 0 Å². The summed E-state index contributed by atoms with van der Waals surface area (Å²) in [4.78, 5) is 0. The largest absolute Gasteiger partial charge is 0.395 e. The molecule has 0 aromatic rings. The molecule has 0 aliphatic rings. The first-order valence-electron chi connectivity index (χ1n) is 8.51. The second kappa shape index (κ2) is 13.8. The average molecular weight is 301 g/mol. The molecule has 0 aliphatic carbocycles. The summed E-state index contributed by atoms with van der Waals surface area (Å²) in [6.45, 7) is 11.8. The van der Waals surface area contributed by atoms with Gasteiger partial charge in [-0.3, -0.25) is 0 Å². The molecule has 0 unspecified atom stereocenters. The summed E-state index contributed by atoms with van der Waals surface area (Å²) in [5.41, 5.74) is 0. The van der Waals surface area contributed by atoms with Gasteiger partial charge in [-0.05, 0) is 25.9 Å². The molecule has 0 saturated carbocycles. The van der Waals surface area contributed by atoms with E-state index >= 15 is 0 Å². The van der Waals surface area contributed by atoms with Crippen molar-refractivity contribution in [1.29, 1.82) is 0 Å². The summed E-state index contributed by atoms with van der Waals surface area (Å²) in [5.74, 6) is 0. The standard InChI is InChI=1S/C17H36O2Si/c1-5-7-9-10-11-12-13-14-15-17-19-20(3,4)18-16-8-6-2/h6H,2,5,7-17H2,1,3-4H3. The van der Waals surface area contributed by atoms with E-state index in [1.165, 1.54) is 57.8 Å². The van der Waals surface area contributed by atoms with Crippen molar-refractivity contribution in [3.63, 3.8) is 0 Å². The summed E-state index contributed by atoms with van der Waals surface area (Å²) in [5, 5.41) is 0. The fourth-order valence-corrected chi connectivity index (χ4v) is 3.49. The molecule has 0 radical (unpaired) electrons. The summed E-state index contributed by atoms with van der Waals surface area (Å²) in [6.07, 6.45) is 15.0. The molecule has 0 atom stereocenters. The number of hydrogen-bond acceptors (Lipinski definition) is 2. The zero-order valence-corrected chi connectivity index (χ0v) is 15.1. The lowest BCUT2D eigenvalue weighted by Gasteiger charge is -2.22. The zero-order valence-electron chi connectivity index (χ0n) is 14.1. The molecular formula is C17H36O2Si. The molecule has 3 heteroatoms. The van der Waals surface area contributed by atoms with Gasteiger partial charge in [-0.25, -0.2) is 0 Å². The summed E-state index contributed by atoms with van der Waals surface area (Å²) in [7, 11) is -1.88. The summed E-state index contributed by atoms with van der Waals surface area (Å²) >= 11 is 0. The fourth-order valence-electron chi connectivity index (χ4n) is 2.16. The van der Waals surface area contributed by atoms with Crippen molar-refractivity contribution in [3.05, 3.63) is 12.7 Å². The zero-order chi connectivity index (χ0) is 15.1. The molecule has 0 bridgehead atoms. The molecule has 0 spiro atoms. The number of rotatable bonds is 15. The van der Waals surface area contributed by atoms with Gasteiger partial charge in [0.2, 0.25) is 0 Å². The van der Waals surface area contributed by atoms with Crippen LogP contribution in [-0.2, 0) is 8.85 Å². The van der Waals surface area contributed by atoms with Crippen molar-refractivity contribution in [3.8, 4) is 0 Å². The summed E-state index contributed by atoms with van der Waals surface area (Å²) < 4.78 is 11.7. The normalized spacial score (nSPS) is 11.8. The predicted octanol–water partition coefficient (Wildman–Crippen LogP) is 5.83. The fraction of sp³-hybridized carbons (Fsp3) is 0.882. The molecule has 0 N–H and O–H groups in total. The Kier molecular flexibility index (Phi) is 13.8. The lowest BCUT2D eigenvalue weighted by Crippen LogP contribution is -2.35. The molecule has 120 valence electrons. The minimum atomic E-state index is -1.88. The van der Waals surface area contributed by atoms with Gasteiger partial charge in [0.05, 0.1) is 0 Å². The van der Waals surface area contributed by atoms with Crippen LogP contribution in [0.25, 0.3) is 0 Å². The van der Waals surface area contributed by atoms with Crippen LogP contribution in [0.3, 0.4) is 0 Å². The highest BCUT2D eigenvalue weighted by atomic mass is 28.4. The van der Waals surface area contributed by atoms with Gasteiger partial charge >= 0.3 is 8.56 Å². The van der Waals surface area contributed by atoms with Crippen LogP contribution in [0.4, 0.5) is 0 Å². The van der Waals surface area contributed by atoms with E-state index in [0.29, 0.717) is 0 Å². The molecule has 0 aromatic heterocycles. The first-order chi connectivity index (χ1) is 9.62. The maximum absolute atomic E-state index is 5.92. The first-order valence-corrected chi connectivity index (χ1v) is 11.3. The van der Waals surface area contributed by atoms with Crippen molar-refractivity contribution in [2.24, 2.45) is 0 Å². The van der Waals surface area contributed by atoms with Crippen molar-refractivity contribution >= 4 is 8.56 Å². The Hall–Kier alpha value is -0.123. The van der Waals surface area contributed by atoms with E-state index in [1.54, 1.807) is 0 Å². The van der Waals surface area contributed by atoms with Crippen LogP contribution in [0.1, 0.15) is 71.1 Å². The lowest BCUT2D eigenvalue weighted by atomic mass is 10.1. The lowest BCUT2D eigenvalue weighted by molar-refractivity contribution is 0.178. The van der Waals surface area contributed by atoms with E-state index in [4.69, 9.17) is 8.85 Å². The molecule has 0 amide bonds. The van der Waals surface area contributed by atoms with E-state index in [9.17, 15) is 0 Å². The highest BCUT2D eigenvalue weighted by Crippen LogP contribution is 2.11. The van der Waals surface area contributed by atoms with Crippen molar-refractivity contribution in [2.75, 3.05) is 13.2 Å². The molecule has 0 aromatic carbocycles. The minimum Gasteiger partial charge on any atom is -0.395 e. The first kappa shape index (κ1) is 19.9. The van der Waals surface area contributed by atoms with Crippen LogP contribution in [0.15, 0.2) is 12.7 Å². The third-order valence-electron chi connectivity index (χ3n) is 3.47. The van der Waals surface area contributed by atoms with Crippen LogP contribution in [0.2, 0.25) is 13.1 Å². The summed E-state index contributed by atoms with van der Waals surface area (Å²) in [6, 6.07) is 0. The molecule has 20 heavy (non-hydrogen) atoms. The maximum Gasteiger partial charge on any atom is 0.331 e. The second-order valence-corrected chi connectivity index (χ2v) is 9.38. The van der Waals surface area contributed by atoms with E-state index in [2.05, 4.69) is 26.6 Å². The van der Waals surface area contributed by atoms with Gasteiger partial charge in [-0.15, -0.1) is 6.58 Å². The van der Waals surface area contributed by atoms with Crippen LogP contribution in [0, 0.1) is 0 Å². The SMILES string of the molecule is C=CCCO[Si](C)(C)OCCCCCCCCCCC. The Bertz CT molecular complexity index is 217. The average Bonchev–Trinajstić information content (AvgIpc) is 2.41. The van der Waals surface area contributed by atoms with Crippen LogP contribution in [-0.4, -0.2) is 21.8 Å². The van der Waals surface area contributed by atoms with Gasteiger partial charge in [0.15, 0.2) is 0 Å². The predicted molar refractivity (Wildman–Crippen MR) is 91.4 cm³/mol. The monoisotopic (exact) mass is 300 g/mol. The highest BCUT2D eigenvalue weighted by molar-refractivity contribution is 6.64. The highest BCUT2D eigenvalue weighted by Gasteiger charge is 2.23. The van der Waals surface area contributed by atoms with Gasteiger partial charge in [-0.2, -0.15) is 0 Å². The van der Waals surface area contributed by atoms with Gasteiger partial charge in [0.1, 0.15) is 0 Å². The van der Waals surface area contributed by atoms with Crippen LogP contribution >= 0.6 is 0 Å². The van der Waals surface area contributed by atoms with Crippen molar-refractivity contribution in [1.82, 2.24) is 0 Å². The van der Waals surface area contributed by atoms with Crippen LogP contribution < -0.4 is 0 Å². The Morgan fingerprint density at radius 3 is 1.85 bits per heavy atom. The smallest absolute Gasteiger partial charge is 0.331 e. The minimum absolute atomic E-state index is 0.750. The Balaban J connectivity index is 3.27. The molecule has 0 aliphatic heterocycles. The molecule has 0 fully saturated rings. The van der Waals surface area contributed by atoms with E-state index < -0.39 is 8.56 Å². The van der Waals surface area contributed by atoms with E-state index in [-0.39, 0.29) is 0 Å². The third-order valence-corrected chi connectivity index (χ3v) is 5.27. The van der Waals surface area contributed by atoms with Crippen molar-refractivity contribution < 1.29 is 8.85 Å². The van der Waals surface area contributed by atoms with Gasteiger partial charge in [0, 0.05) is 13.2 Å². The Labute approximate surface area is 128 Å². The van der Waals surface area contributed by atoms with Gasteiger partial charge < -0.3 is 8.85 Å². The van der Waals surface area contributed by atoms with E-state index in [1.807, 2.05) is 6.08 Å². The second-order valence-electron chi connectivity index (χ2n) is 6.00. The Morgan fingerprint density at radius 1 is 0.800 bits per heavy atom. The molecule has 0 saturated heterocycles. The molecule has 2 nitrogen and oxygen atoms in total. The third kappa shape index (κ3) is 14.3. The molecular weight excluding hydrogens is 264 g/mol. The van der Waals surface area contributed by atoms with Crippen LogP contribution in [0.5, 0.6) is 0 Å². The molecule has 0 heterocycles. The number of hydrogen-bond donors (Lipinski definition) is 0. The van der Waals surface area contributed by atoms with Crippen molar-refractivity contribution in [2.45, 2.75) is 84.2 Å². The topological polar surface area (TPSA) is 18.5 Å².